The molecule has 86 valence electrons. The Balaban J connectivity index is 1.78. The molecule has 0 spiro atoms. The Morgan fingerprint density at radius 1 is 1.50 bits per heavy atom. The van der Waals surface area contributed by atoms with Gasteiger partial charge in [0, 0.05) is 12.1 Å². The van der Waals surface area contributed by atoms with Crippen LogP contribution in [0.4, 0.5) is 0 Å². The first kappa shape index (κ1) is 11.1. The van der Waals surface area contributed by atoms with Gasteiger partial charge in [-0.1, -0.05) is 17.7 Å². The number of hydrogen-bond donors (Lipinski definition) is 2. The first-order valence-electron chi connectivity index (χ1n) is 5.81. The van der Waals surface area contributed by atoms with Crippen molar-refractivity contribution in [3.05, 3.63) is 35.4 Å². The first-order chi connectivity index (χ1) is 7.75. The van der Waals surface area contributed by atoms with Crippen LogP contribution in [0, 0.1) is 12.8 Å². The fourth-order valence-electron chi connectivity index (χ4n) is 1.83. The Bertz CT molecular complexity index is 372. The van der Waals surface area contributed by atoms with Gasteiger partial charge in [-0.3, -0.25) is 4.79 Å². The van der Waals surface area contributed by atoms with Gasteiger partial charge in [0.2, 0.25) is 0 Å². The molecule has 0 radical (unpaired) electrons. The molecule has 1 aromatic rings. The molecular formula is C13H18N2O. The zero-order valence-corrected chi connectivity index (χ0v) is 9.62. The van der Waals surface area contributed by atoms with E-state index >= 15 is 0 Å². The van der Waals surface area contributed by atoms with Gasteiger partial charge < -0.3 is 10.6 Å². The summed E-state index contributed by atoms with van der Waals surface area (Å²) in [4.78, 5) is 11.8. The van der Waals surface area contributed by atoms with E-state index in [4.69, 9.17) is 0 Å². The summed E-state index contributed by atoms with van der Waals surface area (Å²) in [6, 6.07) is 7.68. The van der Waals surface area contributed by atoms with Gasteiger partial charge in [0.05, 0.1) is 0 Å². The zero-order chi connectivity index (χ0) is 11.4. The number of nitrogens with one attached hydrogen (secondary N) is 2. The van der Waals surface area contributed by atoms with Gasteiger partial charge in [0.15, 0.2) is 0 Å². The van der Waals surface area contributed by atoms with E-state index in [1.807, 2.05) is 31.2 Å². The van der Waals surface area contributed by atoms with Crippen molar-refractivity contribution in [3.8, 4) is 0 Å². The average Bonchev–Trinajstić information content (AvgIpc) is 2.21. The van der Waals surface area contributed by atoms with Gasteiger partial charge in [-0.05, 0) is 44.5 Å². The van der Waals surface area contributed by atoms with Crippen LogP contribution in [0.1, 0.15) is 22.3 Å². The van der Waals surface area contributed by atoms with Gasteiger partial charge in [-0.2, -0.15) is 0 Å². The second-order valence-electron chi connectivity index (χ2n) is 4.44. The van der Waals surface area contributed by atoms with Crippen LogP contribution in [0.25, 0.3) is 0 Å². The van der Waals surface area contributed by atoms with Crippen LogP contribution in [-0.4, -0.2) is 25.5 Å². The number of benzene rings is 1. The van der Waals surface area contributed by atoms with E-state index in [-0.39, 0.29) is 5.91 Å². The van der Waals surface area contributed by atoms with Crippen molar-refractivity contribution in [2.24, 2.45) is 5.92 Å². The minimum absolute atomic E-state index is 0.0379. The Kier molecular flexibility index (Phi) is 3.57. The number of hydrogen-bond acceptors (Lipinski definition) is 2. The molecule has 1 amide bonds. The minimum atomic E-state index is 0.0379. The van der Waals surface area contributed by atoms with Crippen molar-refractivity contribution in [2.45, 2.75) is 13.3 Å². The minimum Gasteiger partial charge on any atom is -0.352 e. The number of carbonyl (C=O) groups is 1. The molecular weight excluding hydrogens is 200 g/mol. The molecule has 0 atom stereocenters. The van der Waals surface area contributed by atoms with Crippen molar-refractivity contribution in [1.29, 1.82) is 0 Å². The van der Waals surface area contributed by atoms with Crippen LogP contribution in [0.5, 0.6) is 0 Å². The third-order valence-electron chi connectivity index (χ3n) is 2.98. The summed E-state index contributed by atoms with van der Waals surface area (Å²) in [7, 11) is 0. The van der Waals surface area contributed by atoms with Crippen molar-refractivity contribution in [3.63, 3.8) is 0 Å². The van der Waals surface area contributed by atoms with E-state index < -0.39 is 0 Å². The molecule has 1 aliphatic rings. The maximum absolute atomic E-state index is 11.8. The van der Waals surface area contributed by atoms with Gasteiger partial charge >= 0.3 is 0 Å². The van der Waals surface area contributed by atoms with Gasteiger partial charge in [0.25, 0.3) is 5.91 Å². The normalized spacial score (nSPS) is 15.6. The summed E-state index contributed by atoms with van der Waals surface area (Å²) in [6.07, 6.45) is 1.07. The molecule has 2 N–H and O–H groups in total. The molecule has 1 aromatic carbocycles. The van der Waals surface area contributed by atoms with E-state index in [2.05, 4.69) is 10.6 Å². The molecule has 1 aliphatic heterocycles. The lowest BCUT2D eigenvalue weighted by atomic mass is 9.99. The highest BCUT2D eigenvalue weighted by Gasteiger charge is 2.16. The quantitative estimate of drug-likeness (QED) is 0.800. The van der Waals surface area contributed by atoms with Crippen molar-refractivity contribution >= 4 is 5.91 Å². The summed E-state index contributed by atoms with van der Waals surface area (Å²) >= 11 is 0. The van der Waals surface area contributed by atoms with E-state index in [1.54, 1.807) is 0 Å². The predicted molar refractivity (Wildman–Crippen MR) is 64.5 cm³/mol. The lowest BCUT2D eigenvalue weighted by molar-refractivity contribution is 0.0950. The summed E-state index contributed by atoms with van der Waals surface area (Å²) in [5.41, 5.74) is 1.88. The second kappa shape index (κ2) is 5.12. The number of amides is 1. The molecule has 0 unspecified atom stereocenters. The van der Waals surface area contributed by atoms with Crippen LogP contribution in [0.15, 0.2) is 24.3 Å². The lowest BCUT2D eigenvalue weighted by Crippen LogP contribution is -2.43. The summed E-state index contributed by atoms with van der Waals surface area (Å²) < 4.78 is 0. The Morgan fingerprint density at radius 3 is 2.94 bits per heavy atom. The smallest absolute Gasteiger partial charge is 0.251 e. The molecule has 16 heavy (non-hydrogen) atoms. The number of aryl methyl sites for hydroxylation is 1. The van der Waals surface area contributed by atoms with Gasteiger partial charge in [0.1, 0.15) is 0 Å². The van der Waals surface area contributed by atoms with E-state index in [1.165, 1.54) is 0 Å². The van der Waals surface area contributed by atoms with Crippen molar-refractivity contribution in [1.82, 2.24) is 10.6 Å². The molecule has 3 nitrogen and oxygen atoms in total. The summed E-state index contributed by atoms with van der Waals surface area (Å²) in [5, 5.41) is 6.18. The van der Waals surface area contributed by atoms with Crippen LogP contribution < -0.4 is 10.6 Å². The predicted octanol–water partition coefficient (Wildman–Crippen LogP) is 1.33. The highest BCUT2D eigenvalue weighted by molar-refractivity contribution is 5.94. The second-order valence-corrected chi connectivity index (χ2v) is 4.44. The van der Waals surface area contributed by atoms with E-state index in [0.717, 1.165) is 43.1 Å². The monoisotopic (exact) mass is 218 g/mol. The molecule has 1 saturated heterocycles. The maximum atomic E-state index is 11.8. The van der Waals surface area contributed by atoms with E-state index in [0.29, 0.717) is 0 Å². The fourth-order valence-corrected chi connectivity index (χ4v) is 1.83. The van der Waals surface area contributed by atoms with E-state index in [9.17, 15) is 4.79 Å². The van der Waals surface area contributed by atoms with Crippen molar-refractivity contribution < 1.29 is 4.79 Å². The molecule has 2 rings (SSSR count). The SMILES string of the molecule is Cc1cccc(C(=O)NCCC2CNC2)c1. The summed E-state index contributed by atoms with van der Waals surface area (Å²) in [6.45, 7) is 4.97. The lowest BCUT2D eigenvalue weighted by Gasteiger charge is -2.26. The molecule has 3 heteroatoms. The van der Waals surface area contributed by atoms with Crippen LogP contribution >= 0.6 is 0 Å². The topological polar surface area (TPSA) is 41.1 Å². The molecule has 0 bridgehead atoms. The third-order valence-corrected chi connectivity index (χ3v) is 2.98. The Morgan fingerprint density at radius 2 is 2.31 bits per heavy atom. The van der Waals surface area contributed by atoms with Crippen LogP contribution in [-0.2, 0) is 0 Å². The first-order valence-corrected chi connectivity index (χ1v) is 5.81. The Hall–Kier alpha value is -1.35. The zero-order valence-electron chi connectivity index (χ0n) is 9.62. The maximum Gasteiger partial charge on any atom is 0.251 e. The average molecular weight is 218 g/mol. The highest BCUT2D eigenvalue weighted by Crippen LogP contribution is 2.07. The molecule has 1 fully saturated rings. The van der Waals surface area contributed by atoms with Gasteiger partial charge in [-0.25, -0.2) is 0 Å². The Labute approximate surface area is 96.2 Å². The molecule has 0 aromatic heterocycles. The third kappa shape index (κ3) is 2.83. The molecule has 0 saturated carbocycles. The highest BCUT2D eigenvalue weighted by atomic mass is 16.1. The number of carbonyl (C=O) groups excluding carboxylic acids is 1. The largest absolute Gasteiger partial charge is 0.352 e. The van der Waals surface area contributed by atoms with Gasteiger partial charge in [-0.15, -0.1) is 0 Å². The standard InChI is InChI=1S/C13H18N2O/c1-10-3-2-4-12(7-10)13(16)15-6-5-11-8-14-9-11/h2-4,7,11,14H,5-6,8-9H2,1H3,(H,15,16). The van der Waals surface area contributed by atoms with Crippen LogP contribution in [0.3, 0.4) is 0 Å². The summed E-state index contributed by atoms with van der Waals surface area (Å²) in [5.74, 6) is 0.786. The van der Waals surface area contributed by atoms with Crippen molar-refractivity contribution in [2.75, 3.05) is 19.6 Å². The van der Waals surface area contributed by atoms with Crippen LogP contribution in [0.2, 0.25) is 0 Å². The molecule has 1 heterocycles. The number of rotatable bonds is 4. The molecule has 0 aliphatic carbocycles. The fraction of sp³-hybridized carbons (Fsp3) is 0.462.